The third-order valence-corrected chi connectivity index (χ3v) is 3.11. The molecule has 0 unspecified atom stereocenters. The molecule has 3 N–H and O–H groups in total. The first kappa shape index (κ1) is 17.1. The fraction of sp³-hybridized carbons (Fsp3) is 0.111. The van der Waals surface area contributed by atoms with Crippen molar-refractivity contribution >= 4 is 11.6 Å². The smallest absolute Gasteiger partial charge is 0.271 e. The van der Waals surface area contributed by atoms with Gasteiger partial charge in [0, 0.05) is 17.2 Å². The molecule has 0 aliphatic carbocycles. The molecule has 1 amide bonds. The zero-order valence-electron chi connectivity index (χ0n) is 13.2. The van der Waals surface area contributed by atoms with Gasteiger partial charge in [0.25, 0.3) is 5.91 Å². The molecule has 2 aromatic rings. The van der Waals surface area contributed by atoms with Crippen LogP contribution >= 0.6 is 0 Å². The highest BCUT2D eigenvalue weighted by Gasteiger charge is 2.08. The molecule has 6 nitrogen and oxygen atoms in total. The van der Waals surface area contributed by atoms with E-state index in [2.05, 4.69) is 17.1 Å². The van der Waals surface area contributed by atoms with Crippen LogP contribution in [0.5, 0.6) is 17.2 Å². The lowest BCUT2D eigenvalue weighted by Crippen LogP contribution is -2.19. The summed E-state index contributed by atoms with van der Waals surface area (Å²) in [6.07, 6.45) is 1.65. The van der Waals surface area contributed by atoms with Crippen molar-refractivity contribution in [3.63, 3.8) is 0 Å². The minimum absolute atomic E-state index is 0.104. The molecule has 0 saturated heterocycles. The molecule has 0 spiro atoms. The summed E-state index contributed by atoms with van der Waals surface area (Å²) in [7, 11) is 0. The van der Waals surface area contributed by atoms with Gasteiger partial charge in [0.2, 0.25) is 0 Å². The van der Waals surface area contributed by atoms with Crippen LogP contribution in [0.1, 0.15) is 22.8 Å². The minimum Gasteiger partial charge on any atom is -0.508 e. The lowest BCUT2D eigenvalue weighted by Gasteiger charge is -2.07. The number of carbonyl (C=O) groups excluding carboxylic acids is 1. The second kappa shape index (κ2) is 7.82. The van der Waals surface area contributed by atoms with Crippen molar-refractivity contribution in [2.45, 2.75) is 6.92 Å². The molecule has 0 bridgehead atoms. The number of ether oxygens (including phenoxy) is 1. The van der Waals surface area contributed by atoms with E-state index in [1.165, 1.54) is 12.1 Å². The van der Waals surface area contributed by atoms with Crippen molar-refractivity contribution in [1.29, 1.82) is 0 Å². The molecule has 124 valence electrons. The summed E-state index contributed by atoms with van der Waals surface area (Å²) in [6, 6.07) is 10.9. The number of phenolic OH excluding ortho intramolecular Hbond substituents is 2. The Morgan fingerprint density at radius 2 is 1.92 bits per heavy atom. The van der Waals surface area contributed by atoms with E-state index in [0.717, 1.165) is 11.6 Å². The summed E-state index contributed by atoms with van der Waals surface area (Å²) in [5.41, 5.74) is 3.86. The number of phenols is 2. The quantitative estimate of drug-likeness (QED) is 0.432. The second-order valence-corrected chi connectivity index (χ2v) is 5.00. The van der Waals surface area contributed by atoms with Gasteiger partial charge in [0.15, 0.2) is 0 Å². The van der Waals surface area contributed by atoms with Gasteiger partial charge in [0.1, 0.15) is 23.9 Å². The van der Waals surface area contributed by atoms with E-state index in [4.69, 9.17) is 4.74 Å². The molecule has 24 heavy (non-hydrogen) atoms. The highest BCUT2D eigenvalue weighted by atomic mass is 16.5. The summed E-state index contributed by atoms with van der Waals surface area (Å²) in [6.45, 7) is 5.73. The summed E-state index contributed by atoms with van der Waals surface area (Å²) in [5, 5.41) is 22.8. The predicted octanol–water partition coefficient (Wildman–Crippen LogP) is 2.82. The van der Waals surface area contributed by atoms with Crippen molar-refractivity contribution in [2.24, 2.45) is 5.10 Å². The maximum Gasteiger partial charge on any atom is 0.271 e. The van der Waals surface area contributed by atoms with E-state index in [-0.39, 0.29) is 17.1 Å². The highest BCUT2D eigenvalue weighted by Crippen LogP contribution is 2.20. The van der Waals surface area contributed by atoms with Crippen LogP contribution in [0.15, 0.2) is 60.2 Å². The van der Waals surface area contributed by atoms with Crippen LogP contribution in [0.4, 0.5) is 0 Å². The van der Waals surface area contributed by atoms with Crippen LogP contribution in [0.2, 0.25) is 0 Å². The van der Waals surface area contributed by atoms with Crippen LogP contribution in [0.25, 0.3) is 0 Å². The van der Waals surface area contributed by atoms with Gasteiger partial charge in [-0.1, -0.05) is 24.8 Å². The molecule has 6 heteroatoms. The largest absolute Gasteiger partial charge is 0.508 e. The summed E-state index contributed by atoms with van der Waals surface area (Å²) < 4.78 is 5.45. The first-order valence-electron chi connectivity index (χ1n) is 7.21. The minimum atomic E-state index is -0.542. The van der Waals surface area contributed by atoms with Gasteiger partial charge < -0.3 is 14.9 Å². The Hall–Kier alpha value is -3.28. The van der Waals surface area contributed by atoms with Crippen molar-refractivity contribution in [3.8, 4) is 17.2 Å². The molecule has 0 aromatic heterocycles. The standard InChI is InChI=1S/C18H18N2O4/c1-3-7-24-17-6-4-5-13(10-17)12(2)19-20-18(23)14-8-15(21)11-16(22)9-14/h3-6,8-11,21-22H,1,7H2,2H3,(H,20,23)/b19-12-. The third kappa shape index (κ3) is 4.61. The van der Waals surface area contributed by atoms with Gasteiger partial charge in [-0.15, -0.1) is 0 Å². The highest BCUT2D eigenvalue weighted by molar-refractivity contribution is 6.01. The molecular formula is C18H18N2O4. The number of aromatic hydroxyl groups is 2. The van der Waals surface area contributed by atoms with Crippen LogP contribution < -0.4 is 10.2 Å². The van der Waals surface area contributed by atoms with Crippen molar-refractivity contribution in [2.75, 3.05) is 6.61 Å². The number of nitrogens with one attached hydrogen (secondary N) is 1. The number of hydrogen-bond acceptors (Lipinski definition) is 5. The first-order valence-corrected chi connectivity index (χ1v) is 7.21. The molecule has 0 aliphatic rings. The van der Waals surface area contributed by atoms with E-state index in [9.17, 15) is 15.0 Å². The fourth-order valence-corrected chi connectivity index (χ4v) is 1.96. The number of amides is 1. The molecule has 2 rings (SSSR count). The summed E-state index contributed by atoms with van der Waals surface area (Å²) >= 11 is 0. The van der Waals surface area contributed by atoms with Crippen LogP contribution in [0.3, 0.4) is 0 Å². The molecule has 0 aliphatic heterocycles. The van der Waals surface area contributed by atoms with E-state index in [1.54, 1.807) is 19.1 Å². The molecule has 2 aromatic carbocycles. The first-order chi connectivity index (χ1) is 11.5. The normalized spacial score (nSPS) is 11.0. The van der Waals surface area contributed by atoms with Gasteiger partial charge in [-0.05, 0) is 31.2 Å². The van der Waals surface area contributed by atoms with Gasteiger partial charge in [-0.3, -0.25) is 4.79 Å². The number of hydrazone groups is 1. The second-order valence-electron chi connectivity index (χ2n) is 5.00. The Morgan fingerprint density at radius 1 is 1.21 bits per heavy atom. The molecule has 0 saturated carbocycles. The maximum atomic E-state index is 12.0. The monoisotopic (exact) mass is 326 g/mol. The molecule has 0 fully saturated rings. The zero-order valence-corrected chi connectivity index (χ0v) is 13.2. The predicted molar refractivity (Wildman–Crippen MR) is 91.6 cm³/mol. The Balaban J connectivity index is 2.10. The topological polar surface area (TPSA) is 91.2 Å². The van der Waals surface area contributed by atoms with Crippen LogP contribution in [0, 0.1) is 0 Å². The zero-order chi connectivity index (χ0) is 17.5. The third-order valence-electron chi connectivity index (χ3n) is 3.11. The molecular weight excluding hydrogens is 308 g/mol. The lowest BCUT2D eigenvalue weighted by atomic mass is 10.1. The maximum absolute atomic E-state index is 12.0. The van der Waals surface area contributed by atoms with E-state index >= 15 is 0 Å². The van der Waals surface area contributed by atoms with Gasteiger partial charge >= 0.3 is 0 Å². The number of hydrogen-bond donors (Lipinski definition) is 3. The summed E-state index contributed by atoms with van der Waals surface area (Å²) in [5.74, 6) is -0.272. The van der Waals surface area contributed by atoms with E-state index in [0.29, 0.717) is 18.1 Å². The van der Waals surface area contributed by atoms with Crippen LogP contribution in [-0.2, 0) is 0 Å². The van der Waals surface area contributed by atoms with Crippen molar-refractivity contribution < 1.29 is 19.7 Å². The number of carbonyl (C=O) groups is 1. The van der Waals surface area contributed by atoms with Crippen molar-refractivity contribution in [3.05, 3.63) is 66.2 Å². The SMILES string of the molecule is C=CCOc1cccc(/C(C)=N\NC(=O)c2cc(O)cc(O)c2)c1. The fourth-order valence-electron chi connectivity index (χ4n) is 1.96. The number of nitrogens with zero attached hydrogens (tertiary/aromatic N) is 1. The van der Waals surface area contributed by atoms with Crippen molar-refractivity contribution in [1.82, 2.24) is 5.43 Å². The van der Waals surface area contributed by atoms with E-state index in [1.807, 2.05) is 18.2 Å². The molecule has 0 heterocycles. The average Bonchev–Trinajstić information content (AvgIpc) is 2.57. The van der Waals surface area contributed by atoms with Gasteiger partial charge in [0.05, 0.1) is 5.71 Å². The average molecular weight is 326 g/mol. The Morgan fingerprint density at radius 3 is 2.58 bits per heavy atom. The number of benzene rings is 2. The lowest BCUT2D eigenvalue weighted by molar-refractivity contribution is 0.0954. The Labute approximate surface area is 139 Å². The number of rotatable bonds is 6. The van der Waals surface area contributed by atoms with Gasteiger partial charge in [-0.25, -0.2) is 5.43 Å². The molecule has 0 atom stereocenters. The van der Waals surface area contributed by atoms with Gasteiger partial charge in [-0.2, -0.15) is 5.10 Å². The van der Waals surface area contributed by atoms with E-state index < -0.39 is 5.91 Å². The van der Waals surface area contributed by atoms with Crippen LogP contribution in [-0.4, -0.2) is 28.4 Å². The summed E-state index contributed by atoms with van der Waals surface area (Å²) in [4.78, 5) is 12.0. The Kier molecular flexibility index (Phi) is 5.57. The Bertz CT molecular complexity index is 764. The molecule has 0 radical (unpaired) electrons.